The Morgan fingerprint density at radius 2 is 2.00 bits per heavy atom. The first-order valence-electron chi connectivity index (χ1n) is 9.97. The van der Waals surface area contributed by atoms with Gasteiger partial charge in [-0.3, -0.25) is 0 Å². The van der Waals surface area contributed by atoms with E-state index in [0.29, 0.717) is 41.3 Å². The number of hydrogen-bond acceptors (Lipinski definition) is 7. The molecule has 160 valence electrons. The number of amides is 2. The summed E-state index contributed by atoms with van der Waals surface area (Å²) in [5, 5.41) is 13.8. The molecule has 9 nitrogen and oxygen atoms in total. The number of rotatable bonds is 6. The van der Waals surface area contributed by atoms with E-state index < -0.39 is 0 Å². The minimum atomic E-state index is -0.179. The van der Waals surface area contributed by atoms with Crippen LogP contribution >= 0.6 is 11.8 Å². The van der Waals surface area contributed by atoms with Crippen LogP contribution in [0.5, 0.6) is 17.2 Å². The molecule has 0 bridgehead atoms. The third-order valence-corrected chi connectivity index (χ3v) is 5.83. The van der Waals surface area contributed by atoms with Gasteiger partial charge < -0.3 is 19.5 Å². The van der Waals surface area contributed by atoms with Gasteiger partial charge >= 0.3 is 6.03 Å². The minimum Gasteiger partial charge on any atom is -0.485 e. The Labute approximate surface area is 183 Å². The molecule has 0 fully saturated rings. The van der Waals surface area contributed by atoms with Crippen molar-refractivity contribution in [3.05, 3.63) is 59.9 Å². The fourth-order valence-corrected chi connectivity index (χ4v) is 4.27. The van der Waals surface area contributed by atoms with Crippen LogP contribution in [0.1, 0.15) is 11.4 Å². The number of hydrogen-bond donors (Lipinski definition) is 1. The van der Waals surface area contributed by atoms with E-state index in [9.17, 15) is 4.79 Å². The average molecular weight is 439 g/mol. The number of carbonyl (C=O) groups excluding carboxylic acids is 1. The van der Waals surface area contributed by atoms with Gasteiger partial charge in [-0.15, -0.1) is 10.2 Å². The maximum absolute atomic E-state index is 12.9. The van der Waals surface area contributed by atoms with Gasteiger partial charge in [0.2, 0.25) is 11.9 Å². The monoisotopic (exact) mass is 439 g/mol. The Balaban J connectivity index is 1.24. The minimum absolute atomic E-state index is 0.168. The molecule has 3 aromatic rings. The largest absolute Gasteiger partial charge is 0.485 e. The quantitative estimate of drug-likeness (QED) is 0.631. The van der Waals surface area contributed by atoms with Crippen molar-refractivity contribution in [2.24, 2.45) is 0 Å². The SMILES string of the molecule is O=C(NCCc1ccccc1)N1CCSc2nnc(COc3ccc4c(c3)OCO4)n21. The van der Waals surface area contributed by atoms with E-state index in [4.69, 9.17) is 14.2 Å². The van der Waals surface area contributed by atoms with Crippen molar-refractivity contribution in [1.82, 2.24) is 20.2 Å². The number of aromatic nitrogens is 3. The highest BCUT2D eigenvalue weighted by Gasteiger charge is 2.27. The normalized spacial score (nSPS) is 14.3. The fraction of sp³-hybridized carbons (Fsp3) is 0.286. The standard InChI is InChI=1S/C21H21N5O4S/c27-20(22-9-8-15-4-2-1-3-5-15)25-10-11-31-21-24-23-19(26(21)25)13-28-16-6-7-17-18(12-16)30-14-29-17/h1-7,12H,8-11,13-14H2,(H,22,27). The molecule has 1 aromatic heterocycles. The Hall–Kier alpha value is -3.40. The van der Waals surface area contributed by atoms with Crippen molar-refractivity contribution in [2.45, 2.75) is 18.2 Å². The molecule has 1 N–H and O–H groups in total. The Morgan fingerprint density at radius 3 is 2.90 bits per heavy atom. The molecule has 3 heterocycles. The summed E-state index contributed by atoms with van der Waals surface area (Å²) in [7, 11) is 0. The molecule has 0 unspecified atom stereocenters. The van der Waals surface area contributed by atoms with Gasteiger partial charge in [0.1, 0.15) is 12.4 Å². The number of ether oxygens (including phenoxy) is 3. The molecule has 2 aliphatic rings. The third-order valence-electron chi connectivity index (χ3n) is 4.93. The molecule has 2 aliphatic heterocycles. The van der Waals surface area contributed by atoms with E-state index in [1.54, 1.807) is 33.6 Å². The topological polar surface area (TPSA) is 90.7 Å². The van der Waals surface area contributed by atoms with Crippen molar-refractivity contribution in [1.29, 1.82) is 0 Å². The maximum Gasteiger partial charge on any atom is 0.336 e. The van der Waals surface area contributed by atoms with Crippen LogP contribution < -0.4 is 24.5 Å². The smallest absolute Gasteiger partial charge is 0.336 e. The van der Waals surface area contributed by atoms with Gasteiger partial charge in [-0.25, -0.2) is 14.5 Å². The van der Waals surface area contributed by atoms with E-state index in [1.165, 1.54) is 5.56 Å². The molecular weight excluding hydrogens is 418 g/mol. The van der Waals surface area contributed by atoms with Crippen LogP contribution in [0.15, 0.2) is 53.7 Å². The number of fused-ring (bicyclic) bond motifs is 2. The van der Waals surface area contributed by atoms with Gasteiger partial charge in [-0.05, 0) is 24.1 Å². The van der Waals surface area contributed by atoms with Crippen LogP contribution in [0.25, 0.3) is 0 Å². The molecule has 0 spiro atoms. The first-order chi connectivity index (χ1) is 15.3. The second-order valence-electron chi connectivity index (χ2n) is 6.95. The number of benzene rings is 2. The lowest BCUT2D eigenvalue weighted by Crippen LogP contribution is -2.51. The number of nitrogens with one attached hydrogen (secondary N) is 1. The fourth-order valence-electron chi connectivity index (χ4n) is 3.40. The summed E-state index contributed by atoms with van der Waals surface area (Å²) in [6.07, 6.45) is 0.768. The molecule has 0 aliphatic carbocycles. The second kappa shape index (κ2) is 8.76. The molecule has 0 saturated heterocycles. The van der Waals surface area contributed by atoms with Crippen molar-refractivity contribution in [3.8, 4) is 17.2 Å². The molecule has 10 heteroatoms. The predicted octanol–water partition coefficient (Wildman–Crippen LogP) is 2.58. The van der Waals surface area contributed by atoms with Gasteiger partial charge in [0.15, 0.2) is 17.3 Å². The highest BCUT2D eigenvalue weighted by molar-refractivity contribution is 7.99. The van der Waals surface area contributed by atoms with Crippen LogP contribution in [0, 0.1) is 0 Å². The predicted molar refractivity (Wildman–Crippen MR) is 114 cm³/mol. The van der Waals surface area contributed by atoms with Crippen molar-refractivity contribution >= 4 is 17.8 Å². The summed E-state index contributed by atoms with van der Waals surface area (Å²) < 4.78 is 18.3. The van der Waals surface area contributed by atoms with E-state index in [0.717, 1.165) is 12.2 Å². The summed E-state index contributed by atoms with van der Waals surface area (Å²) >= 11 is 1.56. The molecule has 0 radical (unpaired) electrons. The van der Waals surface area contributed by atoms with Crippen molar-refractivity contribution in [3.63, 3.8) is 0 Å². The summed E-state index contributed by atoms with van der Waals surface area (Å²) in [6, 6.07) is 15.3. The lowest BCUT2D eigenvalue weighted by molar-refractivity contribution is 0.173. The number of carbonyl (C=O) groups is 1. The van der Waals surface area contributed by atoms with Crippen LogP contribution in [-0.4, -0.2) is 46.5 Å². The maximum atomic E-state index is 12.9. The molecular formula is C21H21N5O4S. The molecule has 0 saturated carbocycles. The van der Waals surface area contributed by atoms with Gasteiger partial charge in [0.25, 0.3) is 0 Å². The van der Waals surface area contributed by atoms with Crippen LogP contribution in [0.4, 0.5) is 4.79 Å². The Morgan fingerprint density at radius 1 is 1.13 bits per heavy atom. The molecule has 2 amide bonds. The first kappa shape index (κ1) is 19.6. The highest BCUT2D eigenvalue weighted by Crippen LogP contribution is 2.35. The van der Waals surface area contributed by atoms with E-state index in [-0.39, 0.29) is 19.4 Å². The molecule has 2 aromatic carbocycles. The third kappa shape index (κ3) is 4.24. The van der Waals surface area contributed by atoms with Crippen LogP contribution in [-0.2, 0) is 13.0 Å². The number of urea groups is 1. The molecule has 0 atom stereocenters. The van der Waals surface area contributed by atoms with Gasteiger partial charge in [0.05, 0.1) is 6.54 Å². The molecule has 31 heavy (non-hydrogen) atoms. The lowest BCUT2D eigenvalue weighted by atomic mass is 10.1. The zero-order valence-corrected chi connectivity index (χ0v) is 17.5. The first-order valence-corrected chi connectivity index (χ1v) is 11.0. The van der Waals surface area contributed by atoms with Crippen LogP contribution in [0.3, 0.4) is 0 Å². The Kier molecular flexibility index (Phi) is 5.53. The van der Waals surface area contributed by atoms with Crippen LogP contribution in [0.2, 0.25) is 0 Å². The van der Waals surface area contributed by atoms with Gasteiger partial charge in [0, 0.05) is 18.4 Å². The zero-order valence-electron chi connectivity index (χ0n) is 16.7. The van der Waals surface area contributed by atoms with Crippen molar-refractivity contribution in [2.75, 3.05) is 30.6 Å². The van der Waals surface area contributed by atoms with Gasteiger partial charge in [-0.2, -0.15) is 0 Å². The summed E-state index contributed by atoms with van der Waals surface area (Å²) in [5.74, 6) is 3.28. The summed E-state index contributed by atoms with van der Waals surface area (Å²) in [6.45, 7) is 1.49. The lowest BCUT2D eigenvalue weighted by Gasteiger charge is -2.29. The summed E-state index contributed by atoms with van der Waals surface area (Å²) in [4.78, 5) is 12.9. The summed E-state index contributed by atoms with van der Waals surface area (Å²) in [5.41, 5.74) is 1.18. The van der Waals surface area contributed by atoms with E-state index in [1.807, 2.05) is 36.4 Å². The van der Waals surface area contributed by atoms with Crippen molar-refractivity contribution < 1.29 is 19.0 Å². The van der Waals surface area contributed by atoms with Gasteiger partial charge in [-0.1, -0.05) is 42.1 Å². The highest BCUT2D eigenvalue weighted by atomic mass is 32.2. The van der Waals surface area contributed by atoms with E-state index >= 15 is 0 Å². The number of thioether (sulfide) groups is 1. The zero-order chi connectivity index (χ0) is 21.0. The molecule has 5 rings (SSSR count). The average Bonchev–Trinajstić information content (AvgIpc) is 3.44. The second-order valence-corrected chi connectivity index (χ2v) is 8.02. The number of nitrogens with zero attached hydrogens (tertiary/aromatic N) is 4. The van der Waals surface area contributed by atoms with E-state index in [2.05, 4.69) is 15.5 Å². The Bertz CT molecular complexity index is 1070.